The number of nitrogens with zero attached hydrogens (tertiary/aromatic N) is 2. The summed E-state index contributed by atoms with van der Waals surface area (Å²) in [6.45, 7) is 2.24. The number of aliphatic hydroxyl groups excluding tert-OH is 1. The molecule has 2 saturated heterocycles. The minimum absolute atomic E-state index is 0.0278. The highest BCUT2D eigenvalue weighted by molar-refractivity contribution is 8.01. The molecule has 1 unspecified atom stereocenters. The first-order valence-electron chi connectivity index (χ1n) is 18.8. The zero-order chi connectivity index (χ0) is 39.3. The van der Waals surface area contributed by atoms with Crippen molar-refractivity contribution >= 4 is 51.2 Å². The fourth-order valence-electron chi connectivity index (χ4n) is 7.18. The quantitative estimate of drug-likeness (QED) is 0.0925. The molecular weight excluding hydrogens is 759 g/mol. The predicted molar refractivity (Wildman–Crippen MR) is 219 cm³/mol. The molecule has 0 aliphatic carbocycles. The lowest BCUT2D eigenvalue weighted by Gasteiger charge is -2.41. The number of para-hydroxylation sites is 1. The molecule has 57 heavy (non-hydrogen) atoms. The number of rotatable bonds is 12. The first kappa shape index (κ1) is 38.5. The number of carbonyl (C=O) groups excluding carboxylic acids is 3. The third-order valence-electron chi connectivity index (χ3n) is 10.4. The molecule has 0 radical (unpaired) electrons. The van der Waals surface area contributed by atoms with E-state index in [1.54, 1.807) is 23.1 Å². The van der Waals surface area contributed by atoms with Crippen LogP contribution in [0.15, 0.2) is 132 Å². The van der Waals surface area contributed by atoms with Gasteiger partial charge in [0.15, 0.2) is 10.6 Å². The lowest BCUT2D eigenvalue weighted by Crippen LogP contribution is -2.41. The Morgan fingerprint density at radius 2 is 1.60 bits per heavy atom. The second-order valence-corrected chi connectivity index (χ2v) is 16.4. The summed E-state index contributed by atoms with van der Waals surface area (Å²) in [5, 5.41) is 12.2. The Morgan fingerprint density at radius 3 is 2.37 bits per heavy atom. The molecule has 5 atom stereocenters. The van der Waals surface area contributed by atoms with Gasteiger partial charge in [-0.15, -0.1) is 11.3 Å². The smallest absolute Gasteiger partial charge is 0.408 e. The average Bonchev–Trinajstić information content (AvgIpc) is 3.78. The molecular formula is C45H41N3O7S2. The number of amides is 3. The van der Waals surface area contributed by atoms with Crippen molar-refractivity contribution in [3.05, 3.63) is 155 Å². The van der Waals surface area contributed by atoms with Crippen LogP contribution in [0.2, 0.25) is 0 Å². The topological polar surface area (TPSA) is 127 Å². The summed E-state index contributed by atoms with van der Waals surface area (Å²) in [4.78, 5) is 45.0. The van der Waals surface area contributed by atoms with Crippen molar-refractivity contribution < 1.29 is 33.7 Å². The van der Waals surface area contributed by atoms with Crippen LogP contribution in [0.4, 0.5) is 4.79 Å². The van der Waals surface area contributed by atoms with Crippen LogP contribution in [0, 0.1) is 5.92 Å². The van der Waals surface area contributed by atoms with Crippen LogP contribution in [0.25, 0.3) is 21.3 Å². The number of nitrogens with one attached hydrogen (secondary N) is 1. The molecule has 12 heteroatoms. The van der Waals surface area contributed by atoms with Crippen molar-refractivity contribution in [1.29, 1.82) is 0 Å². The van der Waals surface area contributed by atoms with E-state index in [-0.39, 0.29) is 50.2 Å². The molecule has 2 aliphatic heterocycles. The summed E-state index contributed by atoms with van der Waals surface area (Å²) >= 11 is 3.37. The van der Waals surface area contributed by atoms with Gasteiger partial charge >= 0.3 is 6.09 Å². The van der Waals surface area contributed by atoms with Gasteiger partial charge in [0.1, 0.15) is 12.6 Å². The van der Waals surface area contributed by atoms with Crippen LogP contribution in [-0.4, -0.2) is 50.8 Å². The number of likely N-dealkylation sites (tertiary alicyclic amines) is 1. The number of fused-ring (bicyclic) bond motifs is 1. The average molecular weight is 800 g/mol. The van der Waals surface area contributed by atoms with E-state index in [9.17, 15) is 19.5 Å². The third-order valence-corrected chi connectivity index (χ3v) is 12.6. The lowest BCUT2D eigenvalue weighted by molar-refractivity contribution is -0.268. The Hall–Kier alpha value is -5.37. The van der Waals surface area contributed by atoms with Gasteiger partial charge in [0.25, 0.3) is 5.91 Å². The number of benzene rings is 5. The van der Waals surface area contributed by atoms with Gasteiger partial charge in [0, 0.05) is 17.2 Å². The maximum Gasteiger partial charge on any atom is 0.408 e. The summed E-state index contributed by atoms with van der Waals surface area (Å²) in [7, 11) is 0. The van der Waals surface area contributed by atoms with Crippen LogP contribution in [0.3, 0.4) is 0 Å². The Bertz CT molecular complexity index is 2320. The molecule has 6 aromatic rings. The van der Waals surface area contributed by atoms with Gasteiger partial charge in [-0.1, -0.05) is 134 Å². The zero-order valence-electron chi connectivity index (χ0n) is 31.2. The Balaban J connectivity index is 0.965. The van der Waals surface area contributed by atoms with Crippen molar-refractivity contribution in [3.63, 3.8) is 0 Å². The Kier molecular flexibility index (Phi) is 11.8. The van der Waals surface area contributed by atoms with Gasteiger partial charge in [0.2, 0.25) is 5.91 Å². The van der Waals surface area contributed by atoms with Crippen LogP contribution >= 0.6 is 23.1 Å². The maximum absolute atomic E-state index is 13.4. The van der Waals surface area contributed by atoms with E-state index in [1.165, 1.54) is 4.90 Å². The van der Waals surface area contributed by atoms with Crippen molar-refractivity contribution in [3.8, 4) is 11.1 Å². The molecule has 2 N–H and O–H groups in total. The number of ether oxygens (including phenoxy) is 3. The third kappa shape index (κ3) is 8.80. The predicted octanol–water partition coefficient (Wildman–Crippen LogP) is 8.59. The van der Waals surface area contributed by atoms with Crippen molar-refractivity contribution in [2.45, 2.75) is 62.0 Å². The molecule has 1 aromatic heterocycles. The molecule has 10 nitrogen and oxygen atoms in total. The fourth-order valence-corrected chi connectivity index (χ4v) is 9.43. The van der Waals surface area contributed by atoms with E-state index in [2.05, 4.69) is 18.3 Å². The number of hydrogen-bond donors (Lipinski definition) is 2. The highest BCUT2D eigenvalue weighted by atomic mass is 32.2. The lowest BCUT2D eigenvalue weighted by atomic mass is 9.91. The number of thioether (sulfide) groups is 1. The molecule has 3 heterocycles. The van der Waals surface area contributed by atoms with Crippen molar-refractivity contribution in [2.75, 3.05) is 5.75 Å². The molecule has 2 aliphatic rings. The zero-order valence-corrected chi connectivity index (χ0v) is 32.8. The molecule has 8 rings (SSSR count). The molecule has 0 spiro atoms. The van der Waals surface area contributed by atoms with E-state index in [0.29, 0.717) is 5.75 Å². The molecule has 0 bridgehead atoms. The second-order valence-electron chi connectivity index (χ2n) is 14.1. The van der Waals surface area contributed by atoms with E-state index < -0.39 is 24.3 Å². The number of hydrogen-bond acceptors (Lipinski definition) is 10. The van der Waals surface area contributed by atoms with Gasteiger partial charge < -0.3 is 24.6 Å². The number of thiazole rings is 1. The summed E-state index contributed by atoms with van der Waals surface area (Å²) in [6.07, 6.45) is -1.93. The van der Waals surface area contributed by atoms with Crippen LogP contribution in [-0.2, 0) is 43.6 Å². The fraction of sp³-hybridized carbons (Fsp3) is 0.244. The normalized spacial score (nSPS) is 20.9. The Morgan fingerprint density at radius 1 is 0.877 bits per heavy atom. The number of aliphatic hydroxyl groups is 1. The highest BCUT2D eigenvalue weighted by Crippen LogP contribution is 2.44. The van der Waals surface area contributed by atoms with Gasteiger partial charge in [0.05, 0.1) is 42.0 Å². The van der Waals surface area contributed by atoms with Gasteiger partial charge in [-0.25, -0.2) is 9.78 Å². The van der Waals surface area contributed by atoms with E-state index >= 15 is 0 Å². The summed E-state index contributed by atoms with van der Waals surface area (Å²) < 4.78 is 20.8. The van der Waals surface area contributed by atoms with Gasteiger partial charge in [-0.05, 0) is 45.5 Å². The molecule has 5 aromatic carbocycles. The number of imide groups is 1. The first-order chi connectivity index (χ1) is 27.8. The summed E-state index contributed by atoms with van der Waals surface area (Å²) in [5.74, 6) is -0.119. The second kappa shape index (κ2) is 17.4. The number of aromatic nitrogens is 1. The summed E-state index contributed by atoms with van der Waals surface area (Å²) in [5.41, 5.74) is 7.07. The largest absolute Gasteiger partial charge is 0.445 e. The van der Waals surface area contributed by atoms with Gasteiger partial charge in [-0.3, -0.25) is 14.5 Å². The number of alkyl carbamates (subject to hydrolysis) is 1. The van der Waals surface area contributed by atoms with Crippen LogP contribution in [0.1, 0.15) is 53.6 Å². The SMILES string of the molecule is C[C@@H]1[C@H](CSc2nc3ccccc3s2)O[C@H](c2ccc(-c3ccccc3CN3C(=O)CC(NC(=O)OCc4ccccc4)C3=O)cc2)O[C@@H]1c1ccc(CO)cc1. The van der Waals surface area contributed by atoms with Crippen LogP contribution < -0.4 is 5.32 Å². The van der Waals surface area contributed by atoms with Gasteiger partial charge in [-0.2, -0.15) is 0 Å². The van der Waals surface area contributed by atoms with Crippen LogP contribution in [0.5, 0.6) is 0 Å². The first-order valence-corrected chi connectivity index (χ1v) is 20.6. The van der Waals surface area contributed by atoms with Crippen molar-refractivity contribution in [2.24, 2.45) is 5.92 Å². The van der Waals surface area contributed by atoms with E-state index in [1.807, 2.05) is 121 Å². The molecule has 3 amide bonds. The standard InChI is InChI=1S/C45H41N3O7S2/c1-28-38(27-56-45-47-36-13-7-8-14-39(36)57-45)54-43(55-41(28)32-17-15-29(25-49)16-18-32)33-21-19-31(20-22-33)35-12-6-5-11-34(35)24-48-40(50)23-37(42(48)51)46-44(52)53-26-30-9-3-2-4-10-30/h2-22,28,37-38,41,43,49H,23-27H2,1H3,(H,46,52)/t28-,37?,38+,41+,43+/m1/s1. The molecule has 2 fully saturated rings. The monoisotopic (exact) mass is 799 g/mol. The maximum atomic E-state index is 13.4. The summed E-state index contributed by atoms with van der Waals surface area (Å²) in [6, 6.07) is 39.9. The van der Waals surface area contributed by atoms with E-state index in [0.717, 1.165) is 53.5 Å². The highest BCUT2D eigenvalue weighted by Gasteiger charge is 2.41. The minimum Gasteiger partial charge on any atom is -0.445 e. The number of carbonyl (C=O) groups is 3. The molecule has 290 valence electrons. The molecule has 0 saturated carbocycles. The van der Waals surface area contributed by atoms with E-state index in [4.69, 9.17) is 19.2 Å². The van der Waals surface area contributed by atoms with Crippen molar-refractivity contribution in [1.82, 2.24) is 15.2 Å². The Labute approximate surface area is 338 Å². The minimum atomic E-state index is -0.995.